The number of hydrogen-bond acceptors (Lipinski definition) is 5. The summed E-state index contributed by atoms with van der Waals surface area (Å²) in [4.78, 5) is 10.9. The molecule has 0 aliphatic rings. The number of anilines is 1. The van der Waals surface area contributed by atoms with Crippen LogP contribution in [-0.2, 0) is 10.0 Å². The van der Waals surface area contributed by atoms with Gasteiger partial charge in [-0.2, -0.15) is 5.26 Å². The Morgan fingerprint density at radius 2 is 1.89 bits per heavy atom. The second-order valence-corrected chi connectivity index (χ2v) is 7.36. The summed E-state index contributed by atoms with van der Waals surface area (Å²) >= 11 is 0. The van der Waals surface area contributed by atoms with Crippen LogP contribution in [0.4, 0.5) is 5.69 Å². The van der Waals surface area contributed by atoms with Crippen molar-refractivity contribution in [2.24, 2.45) is 0 Å². The van der Waals surface area contributed by atoms with Crippen LogP contribution in [0.5, 0.6) is 5.75 Å². The minimum absolute atomic E-state index is 0.00329. The standard InChI is InChI=1S/C19H15N3O5S/c1-27-17-7-5-14(19(23)24)11-18(17)28(25,26)21-15-10-13(12-20)4-6-16(15)22-8-2-3-9-22/h2-11,21H,1H3,(H,23,24). The van der Waals surface area contributed by atoms with Crippen LogP contribution in [0.15, 0.2) is 65.8 Å². The minimum atomic E-state index is -4.21. The molecule has 0 atom stereocenters. The van der Waals surface area contributed by atoms with E-state index in [4.69, 9.17) is 10.00 Å². The summed E-state index contributed by atoms with van der Waals surface area (Å²) in [5, 5.41) is 18.3. The lowest BCUT2D eigenvalue weighted by Crippen LogP contribution is -2.16. The molecule has 0 unspecified atom stereocenters. The molecule has 1 heterocycles. The van der Waals surface area contributed by atoms with Crippen LogP contribution in [0.25, 0.3) is 5.69 Å². The molecule has 3 aromatic rings. The minimum Gasteiger partial charge on any atom is -0.495 e. The van der Waals surface area contributed by atoms with Gasteiger partial charge >= 0.3 is 5.97 Å². The molecule has 1 aromatic heterocycles. The van der Waals surface area contributed by atoms with E-state index in [9.17, 15) is 18.3 Å². The van der Waals surface area contributed by atoms with Gasteiger partial charge < -0.3 is 14.4 Å². The quantitative estimate of drug-likeness (QED) is 0.660. The molecule has 0 spiro atoms. The summed E-state index contributed by atoms with van der Waals surface area (Å²) in [6.45, 7) is 0. The molecular weight excluding hydrogens is 382 g/mol. The number of methoxy groups -OCH3 is 1. The average Bonchev–Trinajstić information content (AvgIpc) is 3.21. The summed E-state index contributed by atoms with van der Waals surface area (Å²) in [5.41, 5.74) is 0.733. The number of benzene rings is 2. The van der Waals surface area contributed by atoms with E-state index in [1.165, 1.54) is 25.3 Å². The van der Waals surface area contributed by atoms with Gasteiger partial charge in [0.15, 0.2) is 0 Å². The van der Waals surface area contributed by atoms with Crippen LogP contribution in [0.2, 0.25) is 0 Å². The van der Waals surface area contributed by atoms with E-state index in [2.05, 4.69) is 4.72 Å². The van der Waals surface area contributed by atoms with Crippen molar-refractivity contribution in [3.63, 3.8) is 0 Å². The highest BCUT2D eigenvalue weighted by atomic mass is 32.2. The van der Waals surface area contributed by atoms with Crippen molar-refractivity contribution in [1.29, 1.82) is 5.26 Å². The number of aromatic carboxylic acids is 1. The highest BCUT2D eigenvalue weighted by Gasteiger charge is 2.23. The van der Waals surface area contributed by atoms with Crippen LogP contribution in [0.3, 0.4) is 0 Å². The maximum Gasteiger partial charge on any atom is 0.335 e. The van der Waals surface area contributed by atoms with Crippen molar-refractivity contribution < 1.29 is 23.1 Å². The third kappa shape index (κ3) is 3.67. The Labute approximate surface area is 161 Å². The van der Waals surface area contributed by atoms with Crippen molar-refractivity contribution in [1.82, 2.24) is 4.57 Å². The Balaban J connectivity index is 2.12. The molecule has 0 saturated carbocycles. The van der Waals surface area contributed by atoms with Crippen molar-refractivity contribution in [2.75, 3.05) is 11.8 Å². The van der Waals surface area contributed by atoms with Gasteiger partial charge in [-0.25, -0.2) is 13.2 Å². The van der Waals surface area contributed by atoms with Crippen LogP contribution in [0, 0.1) is 11.3 Å². The van der Waals surface area contributed by atoms with Gasteiger partial charge in [-0.15, -0.1) is 0 Å². The average molecular weight is 397 g/mol. The molecule has 0 fully saturated rings. The third-order valence-electron chi connectivity index (χ3n) is 3.95. The van der Waals surface area contributed by atoms with E-state index in [0.717, 1.165) is 6.07 Å². The zero-order chi connectivity index (χ0) is 20.3. The number of sulfonamides is 1. The summed E-state index contributed by atoms with van der Waals surface area (Å²) in [5.74, 6) is -1.27. The van der Waals surface area contributed by atoms with E-state index in [-0.39, 0.29) is 27.5 Å². The SMILES string of the molecule is COc1ccc(C(=O)O)cc1S(=O)(=O)Nc1cc(C#N)ccc1-n1cccc1. The predicted molar refractivity (Wildman–Crippen MR) is 101 cm³/mol. The number of carboxylic acid groups (broad SMARTS) is 1. The number of carbonyl (C=O) groups is 1. The predicted octanol–water partition coefficient (Wildman–Crippen LogP) is 2.86. The van der Waals surface area contributed by atoms with Gasteiger partial charge in [0.25, 0.3) is 10.0 Å². The Morgan fingerprint density at radius 1 is 1.18 bits per heavy atom. The van der Waals surface area contributed by atoms with Crippen molar-refractivity contribution in [2.45, 2.75) is 4.90 Å². The third-order valence-corrected chi connectivity index (χ3v) is 5.34. The fraction of sp³-hybridized carbons (Fsp3) is 0.0526. The first-order valence-electron chi connectivity index (χ1n) is 7.97. The van der Waals surface area contributed by atoms with Crippen molar-refractivity contribution in [3.05, 3.63) is 72.1 Å². The largest absolute Gasteiger partial charge is 0.495 e. The number of rotatable bonds is 6. The molecule has 0 aliphatic carbocycles. The first kappa shape index (κ1) is 19.0. The van der Waals surface area contributed by atoms with E-state index < -0.39 is 16.0 Å². The number of aromatic nitrogens is 1. The van der Waals surface area contributed by atoms with Gasteiger partial charge in [0.2, 0.25) is 0 Å². The first-order valence-corrected chi connectivity index (χ1v) is 9.45. The molecular formula is C19H15N3O5S. The molecule has 28 heavy (non-hydrogen) atoms. The fourth-order valence-electron chi connectivity index (χ4n) is 2.63. The second-order valence-electron chi connectivity index (χ2n) is 5.71. The molecule has 3 rings (SSSR count). The zero-order valence-corrected chi connectivity index (χ0v) is 15.5. The number of nitriles is 1. The van der Waals surface area contributed by atoms with E-state index in [1.54, 1.807) is 41.2 Å². The molecule has 2 aromatic carbocycles. The normalized spacial score (nSPS) is 10.9. The number of carboxylic acids is 1. The number of nitrogens with one attached hydrogen (secondary N) is 1. The molecule has 2 N–H and O–H groups in total. The zero-order valence-electron chi connectivity index (χ0n) is 14.7. The van der Waals surface area contributed by atoms with E-state index in [1.807, 2.05) is 6.07 Å². The van der Waals surface area contributed by atoms with E-state index >= 15 is 0 Å². The maximum absolute atomic E-state index is 13.0. The highest BCUT2D eigenvalue weighted by Crippen LogP contribution is 2.30. The molecule has 0 aliphatic heterocycles. The van der Waals surface area contributed by atoms with Gasteiger partial charge in [0.1, 0.15) is 10.6 Å². The molecule has 142 valence electrons. The van der Waals surface area contributed by atoms with Crippen molar-refractivity contribution >= 4 is 21.7 Å². The van der Waals surface area contributed by atoms with E-state index in [0.29, 0.717) is 5.69 Å². The Morgan fingerprint density at radius 3 is 2.50 bits per heavy atom. The van der Waals surface area contributed by atoms with Gasteiger partial charge in [0, 0.05) is 12.4 Å². The summed E-state index contributed by atoms with van der Waals surface area (Å²) < 4.78 is 35.2. The van der Waals surface area contributed by atoms with Gasteiger partial charge in [-0.05, 0) is 48.5 Å². The maximum atomic E-state index is 13.0. The molecule has 0 saturated heterocycles. The first-order chi connectivity index (χ1) is 13.4. The molecule has 8 nitrogen and oxygen atoms in total. The second kappa shape index (κ2) is 7.46. The van der Waals surface area contributed by atoms with Gasteiger partial charge in [0.05, 0.1) is 35.7 Å². The fourth-order valence-corrected chi connectivity index (χ4v) is 3.89. The topological polar surface area (TPSA) is 121 Å². The number of hydrogen-bond donors (Lipinski definition) is 2. The van der Waals surface area contributed by atoms with Gasteiger partial charge in [-0.3, -0.25) is 4.72 Å². The monoisotopic (exact) mass is 397 g/mol. The molecule has 0 radical (unpaired) electrons. The summed E-state index contributed by atoms with van der Waals surface area (Å²) in [6, 6.07) is 13.6. The Bertz CT molecular complexity index is 1180. The Hall–Kier alpha value is -3.77. The van der Waals surface area contributed by atoms with Gasteiger partial charge in [-0.1, -0.05) is 0 Å². The lowest BCUT2D eigenvalue weighted by atomic mass is 10.2. The summed E-state index contributed by atoms with van der Waals surface area (Å²) in [7, 11) is -2.92. The van der Waals surface area contributed by atoms with Crippen LogP contribution in [-0.4, -0.2) is 31.2 Å². The number of ether oxygens (including phenoxy) is 1. The van der Waals surface area contributed by atoms with Crippen LogP contribution in [0.1, 0.15) is 15.9 Å². The number of nitrogens with zero attached hydrogens (tertiary/aromatic N) is 2. The molecule has 0 amide bonds. The molecule has 0 bridgehead atoms. The lowest BCUT2D eigenvalue weighted by molar-refractivity contribution is 0.0696. The highest BCUT2D eigenvalue weighted by molar-refractivity contribution is 7.92. The summed E-state index contributed by atoms with van der Waals surface area (Å²) in [6.07, 6.45) is 3.45. The molecule has 9 heteroatoms. The lowest BCUT2D eigenvalue weighted by Gasteiger charge is -2.16. The van der Waals surface area contributed by atoms with Crippen LogP contribution < -0.4 is 9.46 Å². The smallest absolute Gasteiger partial charge is 0.335 e. The van der Waals surface area contributed by atoms with Crippen LogP contribution >= 0.6 is 0 Å². The van der Waals surface area contributed by atoms with Crippen molar-refractivity contribution in [3.8, 4) is 17.5 Å². The Kier molecular flexibility index (Phi) is 5.06.